The van der Waals surface area contributed by atoms with Crippen LogP contribution in [-0.2, 0) is 14.3 Å². The number of rotatable bonds is 5. The van der Waals surface area contributed by atoms with Crippen LogP contribution in [0.5, 0.6) is 0 Å². The lowest BCUT2D eigenvalue weighted by Gasteiger charge is -2.10. The summed E-state index contributed by atoms with van der Waals surface area (Å²) in [5.74, 6) is -0.563. The second kappa shape index (κ2) is 5.75. The van der Waals surface area contributed by atoms with Crippen LogP contribution in [0.15, 0.2) is 0 Å². The number of hydrogen-bond acceptors (Lipinski definition) is 3. The van der Waals surface area contributed by atoms with Crippen molar-refractivity contribution in [1.82, 2.24) is 0 Å². The Labute approximate surface area is 73.1 Å². The third-order valence-electron chi connectivity index (χ3n) is 1.42. The maximum Gasteiger partial charge on any atom is 0.313 e. The Hall–Kier alpha value is -0.860. The van der Waals surface area contributed by atoms with Crippen molar-refractivity contribution in [2.75, 3.05) is 0 Å². The summed E-state index contributed by atoms with van der Waals surface area (Å²) in [6.45, 7) is 5.24. The number of esters is 1. The van der Waals surface area contributed by atoms with E-state index in [9.17, 15) is 9.59 Å². The number of ketones is 1. The minimum atomic E-state index is -0.413. The van der Waals surface area contributed by atoms with Crippen molar-refractivity contribution in [3.05, 3.63) is 0 Å². The first kappa shape index (κ1) is 11.1. The highest BCUT2D eigenvalue weighted by atomic mass is 16.5. The number of hydrogen-bond donors (Lipinski definition) is 0. The van der Waals surface area contributed by atoms with Crippen molar-refractivity contribution in [3.63, 3.8) is 0 Å². The Bertz CT molecular complexity index is 163. The van der Waals surface area contributed by atoms with E-state index < -0.39 is 5.97 Å². The molecule has 0 fully saturated rings. The largest absolute Gasteiger partial charge is 0.462 e. The summed E-state index contributed by atoms with van der Waals surface area (Å²) < 4.78 is 4.94. The van der Waals surface area contributed by atoms with E-state index in [1.54, 1.807) is 0 Å². The van der Waals surface area contributed by atoms with Crippen LogP contribution >= 0.6 is 0 Å². The standard InChI is InChI=1S/C9H16O3/c1-4-5-8(3)12-9(11)6-7(2)10/h8H,4-6H2,1-3H3. The molecule has 0 saturated heterocycles. The first-order valence-electron chi connectivity index (χ1n) is 4.25. The molecule has 0 saturated carbocycles. The molecule has 1 unspecified atom stereocenters. The molecule has 0 bridgehead atoms. The lowest BCUT2D eigenvalue weighted by molar-refractivity contribution is -0.150. The summed E-state index contributed by atoms with van der Waals surface area (Å²) in [5.41, 5.74) is 0. The molecule has 0 aliphatic carbocycles. The Balaban J connectivity index is 3.61. The average molecular weight is 172 g/mol. The number of ether oxygens (including phenoxy) is 1. The van der Waals surface area contributed by atoms with Gasteiger partial charge in [-0.1, -0.05) is 13.3 Å². The van der Waals surface area contributed by atoms with Crippen LogP contribution in [0.1, 0.15) is 40.0 Å². The van der Waals surface area contributed by atoms with E-state index >= 15 is 0 Å². The fourth-order valence-corrected chi connectivity index (χ4v) is 0.935. The van der Waals surface area contributed by atoms with Gasteiger partial charge in [0.05, 0.1) is 6.10 Å². The van der Waals surface area contributed by atoms with Gasteiger partial charge in [-0.05, 0) is 20.3 Å². The zero-order chi connectivity index (χ0) is 9.56. The fourth-order valence-electron chi connectivity index (χ4n) is 0.935. The van der Waals surface area contributed by atoms with E-state index in [1.807, 2.05) is 13.8 Å². The minimum Gasteiger partial charge on any atom is -0.462 e. The average Bonchev–Trinajstić information content (AvgIpc) is 1.84. The van der Waals surface area contributed by atoms with Crippen LogP contribution < -0.4 is 0 Å². The highest BCUT2D eigenvalue weighted by molar-refractivity contribution is 5.94. The molecule has 12 heavy (non-hydrogen) atoms. The quantitative estimate of drug-likeness (QED) is 0.468. The van der Waals surface area contributed by atoms with Crippen molar-refractivity contribution in [2.45, 2.75) is 46.1 Å². The topological polar surface area (TPSA) is 43.4 Å². The highest BCUT2D eigenvalue weighted by Gasteiger charge is 2.10. The van der Waals surface area contributed by atoms with Gasteiger partial charge in [0.1, 0.15) is 12.2 Å². The van der Waals surface area contributed by atoms with E-state index in [0.717, 1.165) is 12.8 Å². The van der Waals surface area contributed by atoms with Crippen LogP contribution in [0, 0.1) is 0 Å². The number of carbonyl (C=O) groups excluding carboxylic acids is 2. The summed E-state index contributed by atoms with van der Waals surface area (Å²) in [4.78, 5) is 21.4. The third kappa shape index (κ3) is 5.89. The normalized spacial score (nSPS) is 12.2. The van der Waals surface area contributed by atoms with Crippen molar-refractivity contribution in [3.8, 4) is 0 Å². The van der Waals surface area contributed by atoms with E-state index in [4.69, 9.17) is 4.74 Å². The summed E-state index contributed by atoms with van der Waals surface area (Å²) in [7, 11) is 0. The Morgan fingerprint density at radius 3 is 2.42 bits per heavy atom. The molecule has 0 N–H and O–H groups in total. The maximum atomic E-state index is 10.9. The smallest absolute Gasteiger partial charge is 0.313 e. The van der Waals surface area contributed by atoms with Crippen LogP contribution in [0.4, 0.5) is 0 Å². The summed E-state index contributed by atoms with van der Waals surface area (Å²) in [6.07, 6.45) is 1.66. The molecule has 70 valence electrons. The second-order valence-corrected chi connectivity index (χ2v) is 2.97. The van der Waals surface area contributed by atoms with Gasteiger partial charge in [-0.25, -0.2) is 0 Å². The van der Waals surface area contributed by atoms with Crippen molar-refractivity contribution < 1.29 is 14.3 Å². The van der Waals surface area contributed by atoms with Gasteiger partial charge in [-0.15, -0.1) is 0 Å². The Morgan fingerprint density at radius 1 is 1.42 bits per heavy atom. The fraction of sp³-hybridized carbons (Fsp3) is 0.778. The van der Waals surface area contributed by atoms with Gasteiger partial charge in [0.15, 0.2) is 0 Å². The minimum absolute atomic E-state index is 0.0677. The van der Waals surface area contributed by atoms with Crippen LogP contribution in [-0.4, -0.2) is 17.9 Å². The lowest BCUT2D eigenvalue weighted by atomic mass is 10.2. The monoisotopic (exact) mass is 172 g/mol. The number of Topliss-reactive ketones (excluding diaryl/α,β-unsaturated/α-hetero) is 1. The predicted molar refractivity (Wildman–Crippen MR) is 45.8 cm³/mol. The molecule has 0 aliphatic rings. The Kier molecular flexibility index (Phi) is 5.34. The SMILES string of the molecule is CCCC(C)OC(=O)CC(C)=O. The summed E-state index contributed by atoms with van der Waals surface area (Å²) >= 11 is 0. The van der Waals surface area contributed by atoms with Gasteiger partial charge < -0.3 is 4.74 Å². The van der Waals surface area contributed by atoms with Gasteiger partial charge in [-0.3, -0.25) is 9.59 Å². The molecule has 0 aliphatic heterocycles. The summed E-state index contributed by atoms with van der Waals surface area (Å²) in [5, 5.41) is 0. The van der Waals surface area contributed by atoms with Crippen molar-refractivity contribution in [1.29, 1.82) is 0 Å². The summed E-state index contributed by atoms with van der Waals surface area (Å²) in [6, 6.07) is 0. The molecular formula is C9H16O3. The van der Waals surface area contributed by atoms with Crippen LogP contribution in [0.25, 0.3) is 0 Å². The molecule has 0 amide bonds. The first-order chi connectivity index (χ1) is 5.56. The van der Waals surface area contributed by atoms with E-state index in [-0.39, 0.29) is 18.3 Å². The zero-order valence-electron chi connectivity index (χ0n) is 7.92. The molecule has 0 spiro atoms. The van der Waals surface area contributed by atoms with Crippen molar-refractivity contribution >= 4 is 11.8 Å². The predicted octanol–water partition coefficient (Wildman–Crippen LogP) is 1.70. The Morgan fingerprint density at radius 2 is 2.00 bits per heavy atom. The molecule has 3 nitrogen and oxygen atoms in total. The highest BCUT2D eigenvalue weighted by Crippen LogP contribution is 2.02. The first-order valence-corrected chi connectivity index (χ1v) is 4.25. The molecular weight excluding hydrogens is 156 g/mol. The third-order valence-corrected chi connectivity index (χ3v) is 1.42. The van der Waals surface area contributed by atoms with Gasteiger partial charge in [0, 0.05) is 0 Å². The maximum absolute atomic E-state index is 10.9. The van der Waals surface area contributed by atoms with Crippen LogP contribution in [0.2, 0.25) is 0 Å². The molecule has 0 aromatic carbocycles. The molecule has 0 radical (unpaired) electrons. The molecule has 0 heterocycles. The van der Waals surface area contributed by atoms with E-state index in [1.165, 1.54) is 6.92 Å². The van der Waals surface area contributed by atoms with Crippen LogP contribution in [0.3, 0.4) is 0 Å². The second-order valence-electron chi connectivity index (χ2n) is 2.97. The van der Waals surface area contributed by atoms with Gasteiger partial charge in [0.2, 0.25) is 0 Å². The molecule has 3 heteroatoms. The van der Waals surface area contributed by atoms with E-state index in [2.05, 4.69) is 0 Å². The van der Waals surface area contributed by atoms with E-state index in [0.29, 0.717) is 0 Å². The molecule has 0 aromatic heterocycles. The van der Waals surface area contributed by atoms with Gasteiger partial charge >= 0.3 is 5.97 Å². The van der Waals surface area contributed by atoms with Crippen molar-refractivity contribution in [2.24, 2.45) is 0 Å². The lowest BCUT2D eigenvalue weighted by Crippen LogP contribution is -2.16. The zero-order valence-corrected chi connectivity index (χ0v) is 7.92. The molecule has 0 aromatic rings. The van der Waals surface area contributed by atoms with Gasteiger partial charge in [-0.2, -0.15) is 0 Å². The number of carbonyl (C=O) groups is 2. The molecule has 0 rings (SSSR count). The molecule has 1 atom stereocenters. The van der Waals surface area contributed by atoms with Gasteiger partial charge in [0.25, 0.3) is 0 Å².